The molecule has 4 nitrogen and oxygen atoms in total. The van der Waals surface area contributed by atoms with E-state index in [-0.39, 0.29) is 12.0 Å². The zero-order chi connectivity index (χ0) is 20.6. The van der Waals surface area contributed by atoms with Gasteiger partial charge < -0.3 is 9.15 Å². The molecule has 0 aliphatic heterocycles. The van der Waals surface area contributed by atoms with Crippen LogP contribution in [0.3, 0.4) is 0 Å². The average molecular weight is 386 g/mol. The van der Waals surface area contributed by atoms with Gasteiger partial charge in [0.05, 0.1) is 5.56 Å². The van der Waals surface area contributed by atoms with Crippen LogP contribution in [0, 0.1) is 0 Å². The van der Waals surface area contributed by atoms with E-state index >= 15 is 0 Å². The van der Waals surface area contributed by atoms with Crippen LogP contribution >= 0.6 is 0 Å². The molecule has 3 aromatic carbocycles. The average Bonchev–Trinajstić information content (AvgIpc) is 2.70. The predicted octanol–water partition coefficient (Wildman–Crippen LogP) is 5.60. The molecule has 0 atom stereocenters. The third-order valence-electron chi connectivity index (χ3n) is 5.06. The number of benzene rings is 3. The molecule has 0 saturated carbocycles. The van der Waals surface area contributed by atoms with E-state index in [1.54, 1.807) is 18.2 Å². The van der Waals surface area contributed by atoms with Crippen LogP contribution in [0.15, 0.2) is 75.9 Å². The topological polar surface area (TPSA) is 56.5 Å². The van der Waals surface area contributed by atoms with Crippen molar-refractivity contribution in [3.63, 3.8) is 0 Å². The highest BCUT2D eigenvalue weighted by Crippen LogP contribution is 2.28. The number of fused-ring (bicyclic) bond motifs is 3. The molecule has 0 aliphatic carbocycles. The Morgan fingerprint density at radius 2 is 1.69 bits per heavy atom. The van der Waals surface area contributed by atoms with Crippen LogP contribution in [-0.2, 0) is 16.8 Å². The number of hydrogen-bond donors (Lipinski definition) is 0. The van der Waals surface area contributed by atoms with Crippen molar-refractivity contribution >= 4 is 27.7 Å². The maximum Gasteiger partial charge on any atom is 0.338 e. The van der Waals surface area contributed by atoms with Gasteiger partial charge in [0.1, 0.15) is 12.2 Å². The highest BCUT2D eigenvalue weighted by Gasteiger charge is 2.16. The van der Waals surface area contributed by atoms with Crippen molar-refractivity contribution in [2.75, 3.05) is 0 Å². The molecule has 1 heterocycles. The third kappa shape index (κ3) is 3.79. The maximum absolute atomic E-state index is 12.5. The Morgan fingerprint density at radius 1 is 0.966 bits per heavy atom. The summed E-state index contributed by atoms with van der Waals surface area (Å²) in [6.07, 6.45) is 0. The molecule has 0 saturated heterocycles. The summed E-state index contributed by atoms with van der Waals surface area (Å²) in [6.45, 7) is 6.36. The lowest BCUT2D eigenvalue weighted by atomic mass is 9.87. The van der Waals surface area contributed by atoms with E-state index in [9.17, 15) is 9.59 Å². The van der Waals surface area contributed by atoms with E-state index in [1.165, 1.54) is 6.07 Å². The van der Waals surface area contributed by atoms with Crippen LogP contribution < -0.4 is 5.63 Å². The highest BCUT2D eigenvalue weighted by molar-refractivity contribution is 6.07. The first-order valence-electron chi connectivity index (χ1n) is 9.55. The van der Waals surface area contributed by atoms with Crippen molar-refractivity contribution in [2.24, 2.45) is 0 Å². The highest BCUT2D eigenvalue weighted by atomic mass is 16.5. The normalized spacial score (nSPS) is 11.7. The van der Waals surface area contributed by atoms with Gasteiger partial charge in [-0.05, 0) is 39.9 Å². The van der Waals surface area contributed by atoms with Crippen LogP contribution in [0.1, 0.15) is 42.3 Å². The minimum Gasteiger partial charge on any atom is -0.457 e. The third-order valence-corrected chi connectivity index (χ3v) is 5.06. The Bertz CT molecular complexity index is 1260. The molecule has 0 fully saturated rings. The van der Waals surface area contributed by atoms with Crippen molar-refractivity contribution in [1.29, 1.82) is 0 Å². The second-order valence-electron chi connectivity index (χ2n) is 8.15. The van der Waals surface area contributed by atoms with Gasteiger partial charge in [-0.15, -0.1) is 0 Å². The second-order valence-corrected chi connectivity index (χ2v) is 8.15. The van der Waals surface area contributed by atoms with E-state index < -0.39 is 11.6 Å². The Morgan fingerprint density at radius 3 is 2.41 bits per heavy atom. The zero-order valence-corrected chi connectivity index (χ0v) is 16.7. The number of carbonyl (C=O) groups excluding carboxylic acids is 1. The molecule has 1 aromatic heterocycles. The maximum atomic E-state index is 12.5. The molecule has 0 bridgehead atoms. The van der Waals surface area contributed by atoms with Crippen molar-refractivity contribution < 1.29 is 13.9 Å². The lowest BCUT2D eigenvalue weighted by molar-refractivity contribution is 0.0474. The Hall–Kier alpha value is -3.40. The molecule has 0 radical (unpaired) electrons. The molecule has 4 rings (SSSR count). The van der Waals surface area contributed by atoms with Crippen LogP contribution in [-0.4, -0.2) is 5.97 Å². The Labute approximate surface area is 168 Å². The van der Waals surface area contributed by atoms with Gasteiger partial charge in [0.15, 0.2) is 0 Å². The zero-order valence-electron chi connectivity index (χ0n) is 16.7. The van der Waals surface area contributed by atoms with Gasteiger partial charge >= 0.3 is 11.6 Å². The molecule has 0 spiro atoms. The van der Waals surface area contributed by atoms with Crippen molar-refractivity contribution in [2.45, 2.75) is 32.8 Å². The van der Waals surface area contributed by atoms with Crippen molar-refractivity contribution in [3.05, 3.63) is 93.8 Å². The summed E-state index contributed by atoms with van der Waals surface area (Å²) in [4.78, 5) is 24.5. The summed E-state index contributed by atoms with van der Waals surface area (Å²) in [5.74, 6) is -0.424. The summed E-state index contributed by atoms with van der Waals surface area (Å²) in [7, 11) is 0. The largest absolute Gasteiger partial charge is 0.457 e. The summed E-state index contributed by atoms with van der Waals surface area (Å²) in [5, 5.41) is 2.77. The number of esters is 1. The molecule has 0 aliphatic rings. The first-order chi connectivity index (χ1) is 13.8. The molecule has 0 amide bonds. The molecule has 4 aromatic rings. The van der Waals surface area contributed by atoms with Crippen molar-refractivity contribution in [1.82, 2.24) is 0 Å². The molecule has 29 heavy (non-hydrogen) atoms. The standard InChI is InChI=1S/C25H22O4/c1-25(2,3)19-11-8-17(9-12-19)24(27)28-15-18-14-22(26)29-21-13-10-16-6-4-5-7-20(16)23(18)21/h4-14H,15H2,1-3H3. The minimum absolute atomic E-state index is 0.00400. The van der Waals surface area contributed by atoms with E-state index in [0.29, 0.717) is 16.7 Å². The molecular weight excluding hydrogens is 364 g/mol. The summed E-state index contributed by atoms with van der Waals surface area (Å²) < 4.78 is 10.9. The van der Waals surface area contributed by atoms with E-state index in [4.69, 9.17) is 9.15 Å². The van der Waals surface area contributed by atoms with Gasteiger partial charge in [0, 0.05) is 17.0 Å². The van der Waals surface area contributed by atoms with Gasteiger partial charge in [0.2, 0.25) is 0 Å². The number of rotatable bonds is 3. The lowest BCUT2D eigenvalue weighted by Crippen LogP contribution is -2.12. The Kier molecular flexibility index (Phi) is 4.71. The van der Waals surface area contributed by atoms with E-state index in [0.717, 1.165) is 21.7 Å². The van der Waals surface area contributed by atoms with Crippen LogP contribution in [0.2, 0.25) is 0 Å². The molecule has 0 N–H and O–H groups in total. The van der Waals surface area contributed by atoms with Crippen LogP contribution in [0.5, 0.6) is 0 Å². The van der Waals surface area contributed by atoms with Crippen molar-refractivity contribution in [3.8, 4) is 0 Å². The van der Waals surface area contributed by atoms with Crippen LogP contribution in [0.25, 0.3) is 21.7 Å². The molecular formula is C25H22O4. The lowest BCUT2D eigenvalue weighted by Gasteiger charge is -2.19. The fourth-order valence-electron chi connectivity index (χ4n) is 3.47. The van der Waals surface area contributed by atoms with Gasteiger partial charge in [-0.25, -0.2) is 9.59 Å². The van der Waals surface area contributed by atoms with E-state index in [1.807, 2.05) is 42.5 Å². The fourth-order valence-corrected chi connectivity index (χ4v) is 3.47. The summed E-state index contributed by atoms with van der Waals surface area (Å²) >= 11 is 0. The van der Waals surface area contributed by atoms with E-state index in [2.05, 4.69) is 20.8 Å². The second kappa shape index (κ2) is 7.21. The number of hydrogen-bond acceptors (Lipinski definition) is 4. The molecule has 4 heteroatoms. The van der Waals surface area contributed by atoms with Gasteiger partial charge in [-0.2, -0.15) is 0 Å². The fraction of sp³-hybridized carbons (Fsp3) is 0.200. The number of ether oxygens (including phenoxy) is 1. The quantitative estimate of drug-likeness (QED) is 0.261. The number of carbonyl (C=O) groups is 1. The monoisotopic (exact) mass is 386 g/mol. The summed E-state index contributed by atoms with van der Waals surface area (Å²) in [5.41, 5.74) is 2.29. The van der Waals surface area contributed by atoms with Crippen LogP contribution in [0.4, 0.5) is 0 Å². The first kappa shape index (κ1) is 18.9. The van der Waals surface area contributed by atoms with Gasteiger partial charge in [-0.3, -0.25) is 0 Å². The molecule has 0 unspecified atom stereocenters. The molecule has 146 valence electrons. The Balaban J connectivity index is 1.65. The minimum atomic E-state index is -0.464. The van der Waals surface area contributed by atoms with Gasteiger partial charge in [-0.1, -0.05) is 63.2 Å². The van der Waals surface area contributed by atoms with Gasteiger partial charge in [0.25, 0.3) is 0 Å². The summed E-state index contributed by atoms with van der Waals surface area (Å²) in [6, 6.07) is 20.3. The predicted molar refractivity (Wildman–Crippen MR) is 114 cm³/mol. The SMILES string of the molecule is CC(C)(C)c1ccc(C(=O)OCc2cc(=O)oc3ccc4ccccc4c23)cc1. The first-order valence-corrected chi connectivity index (χ1v) is 9.55. The smallest absolute Gasteiger partial charge is 0.338 e.